The summed E-state index contributed by atoms with van der Waals surface area (Å²) < 4.78 is 5.23. The highest BCUT2D eigenvalue weighted by Gasteiger charge is 2.22. The van der Waals surface area contributed by atoms with Gasteiger partial charge in [-0.25, -0.2) is 9.97 Å². The molecule has 2 aromatic carbocycles. The molecule has 0 bridgehead atoms. The van der Waals surface area contributed by atoms with E-state index >= 15 is 0 Å². The third kappa shape index (κ3) is 6.05. The SMILES string of the molecule is COc1ccc(CNc2nnc(N3CCN(c4ncccn4)CC3)c3ccc(C#N)cc23)cc1Cl.Cl.Cl. The lowest BCUT2D eigenvalue weighted by Crippen LogP contribution is -2.47. The van der Waals surface area contributed by atoms with Gasteiger partial charge >= 0.3 is 0 Å². The van der Waals surface area contributed by atoms with Crippen molar-refractivity contribution in [2.75, 3.05) is 48.4 Å². The van der Waals surface area contributed by atoms with Crippen LogP contribution >= 0.6 is 36.4 Å². The Labute approximate surface area is 232 Å². The van der Waals surface area contributed by atoms with E-state index in [0.717, 1.165) is 54.3 Å². The van der Waals surface area contributed by atoms with Crippen LogP contribution in [0, 0.1) is 11.3 Å². The van der Waals surface area contributed by atoms with Gasteiger partial charge in [-0.05, 0) is 42.0 Å². The number of aromatic nitrogens is 4. The van der Waals surface area contributed by atoms with Crippen LogP contribution in [-0.2, 0) is 6.54 Å². The molecule has 4 aromatic rings. The maximum absolute atomic E-state index is 9.47. The largest absolute Gasteiger partial charge is 0.495 e. The number of hydrogen-bond acceptors (Lipinski definition) is 9. The Morgan fingerprint density at radius 3 is 2.38 bits per heavy atom. The van der Waals surface area contributed by atoms with Crippen LogP contribution in [0.25, 0.3) is 10.8 Å². The average Bonchev–Trinajstić information content (AvgIpc) is 2.92. The number of methoxy groups -OCH3 is 1. The molecule has 2 aromatic heterocycles. The molecule has 9 nitrogen and oxygen atoms in total. The van der Waals surface area contributed by atoms with Crippen molar-refractivity contribution in [2.45, 2.75) is 6.54 Å². The molecule has 3 heterocycles. The molecule has 0 aliphatic carbocycles. The molecule has 37 heavy (non-hydrogen) atoms. The Bertz CT molecular complexity index is 1390. The molecule has 1 aliphatic heterocycles. The van der Waals surface area contributed by atoms with Crippen LogP contribution in [0.5, 0.6) is 5.75 Å². The van der Waals surface area contributed by atoms with Gasteiger partial charge < -0.3 is 19.9 Å². The van der Waals surface area contributed by atoms with Crippen molar-refractivity contribution in [3.05, 3.63) is 71.0 Å². The lowest BCUT2D eigenvalue weighted by molar-refractivity contribution is 0.415. The number of fused-ring (bicyclic) bond motifs is 1. The van der Waals surface area contributed by atoms with Gasteiger partial charge in [0.2, 0.25) is 5.95 Å². The molecule has 1 aliphatic rings. The van der Waals surface area contributed by atoms with Crippen molar-refractivity contribution in [1.29, 1.82) is 5.26 Å². The quantitative estimate of drug-likeness (QED) is 0.359. The predicted octanol–water partition coefficient (Wildman–Crippen LogP) is 4.74. The molecular weight excluding hydrogens is 535 g/mol. The van der Waals surface area contributed by atoms with Gasteiger partial charge in [-0.1, -0.05) is 17.7 Å². The van der Waals surface area contributed by atoms with E-state index in [-0.39, 0.29) is 24.8 Å². The minimum absolute atomic E-state index is 0. The number of ether oxygens (including phenoxy) is 1. The summed E-state index contributed by atoms with van der Waals surface area (Å²) in [6.07, 6.45) is 3.51. The lowest BCUT2D eigenvalue weighted by Gasteiger charge is -2.35. The van der Waals surface area contributed by atoms with Crippen LogP contribution in [0.3, 0.4) is 0 Å². The topological polar surface area (TPSA) is 103 Å². The van der Waals surface area contributed by atoms with Crippen LogP contribution in [0.15, 0.2) is 54.9 Å². The summed E-state index contributed by atoms with van der Waals surface area (Å²) in [6.45, 7) is 3.58. The van der Waals surface area contributed by atoms with Crippen LogP contribution in [0.4, 0.5) is 17.6 Å². The van der Waals surface area contributed by atoms with Gasteiger partial charge in [-0.3, -0.25) is 0 Å². The van der Waals surface area contributed by atoms with Crippen molar-refractivity contribution < 1.29 is 4.74 Å². The molecule has 1 saturated heterocycles. The Kier molecular flexibility index (Phi) is 9.53. The van der Waals surface area contributed by atoms with Crippen molar-refractivity contribution in [2.24, 2.45) is 0 Å². The molecule has 0 saturated carbocycles. The number of anilines is 3. The summed E-state index contributed by atoms with van der Waals surface area (Å²) in [6, 6.07) is 15.3. The molecule has 0 unspecified atom stereocenters. The van der Waals surface area contributed by atoms with Gasteiger partial charge in [0.05, 0.1) is 23.8 Å². The third-order valence-electron chi connectivity index (χ3n) is 5.98. The van der Waals surface area contributed by atoms with E-state index in [0.29, 0.717) is 28.7 Å². The Morgan fingerprint density at radius 1 is 0.973 bits per heavy atom. The standard InChI is InChI=1S/C25H23ClN8O.2ClH/c1-35-22-6-4-18(14-21(22)26)16-30-23-20-13-17(15-27)3-5-19(20)24(32-31-23)33-9-11-34(12-10-33)25-28-7-2-8-29-25;;/h2-8,13-14H,9-12,16H2,1H3,(H,30,31);2*1H. The number of benzene rings is 2. The number of hydrogen-bond donors (Lipinski definition) is 1. The lowest BCUT2D eigenvalue weighted by atomic mass is 10.1. The Morgan fingerprint density at radius 2 is 1.70 bits per heavy atom. The van der Waals surface area contributed by atoms with Gasteiger partial charge in [0.1, 0.15) is 5.75 Å². The normalized spacial score (nSPS) is 12.8. The fourth-order valence-electron chi connectivity index (χ4n) is 4.15. The molecular formula is C25H25Cl3N8O. The van der Waals surface area contributed by atoms with Crippen molar-refractivity contribution in [1.82, 2.24) is 20.2 Å². The summed E-state index contributed by atoms with van der Waals surface area (Å²) in [5, 5.41) is 24.2. The summed E-state index contributed by atoms with van der Waals surface area (Å²) >= 11 is 6.27. The Balaban J connectivity index is 0.00000190. The first kappa shape index (κ1) is 28.0. The van der Waals surface area contributed by atoms with Crippen molar-refractivity contribution in [3.63, 3.8) is 0 Å². The van der Waals surface area contributed by atoms with E-state index < -0.39 is 0 Å². The summed E-state index contributed by atoms with van der Waals surface area (Å²) in [5.41, 5.74) is 1.54. The first-order chi connectivity index (χ1) is 17.2. The minimum Gasteiger partial charge on any atom is -0.495 e. The third-order valence-corrected chi connectivity index (χ3v) is 6.28. The number of piperazine rings is 1. The zero-order chi connectivity index (χ0) is 24.2. The number of rotatable bonds is 6. The summed E-state index contributed by atoms with van der Waals surface area (Å²) in [7, 11) is 1.59. The summed E-state index contributed by atoms with van der Waals surface area (Å²) in [4.78, 5) is 13.1. The maximum Gasteiger partial charge on any atom is 0.225 e. The highest BCUT2D eigenvalue weighted by Crippen LogP contribution is 2.31. The van der Waals surface area contributed by atoms with Gasteiger partial charge in [0.15, 0.2) is 11.6 Å². The fraction of sp³-hybridized carbons (Fsp3) is 0.240. The predicted molar refractivity (Wildman–Crippen MR) is 151 cm³/mol. The molecule has 192 valence electrons. The molecule has 0 spiro atoms. The first-order valence-corrected chi connectivity index (χ1v) is 11.6. The fourth-order valence-corrected chi connectivity index (χ4v) is 4.43. The number of nitrogens with zero attached hydrogens (tertiary/aromatic N) is 7. The van der Waals surface area contributed by atoms with Crippen molar-refractivity contribution in [3.8, 4) is 11.8 Å². The minimum atomic E-state index is 0. The molecule has 0 atom stereocenters. The smallest absolute Gasteiger partial charge is 0.225 e. The van der Waals surface area contributed by atoms with Crippen LogP contribution in [0.2, 0.25) is 5.02 Å². The molecule has 1 N–H and O–H groups in total. The number of nitriles is 1. The van der Waals surface area contributed by atoms with E-state index in [1.54, 1.807) is 19.5 Å². The van der Waals surface area contributed by atoms with Gasteiger partial charge in [-0.2, -0.15) is 5.26 Å². The molecule has 5 rings (SSSR count). The van der Waals surface area contributed by atoms with E-state index in [1.807, 2.05) is 42.5 Å². The van der Waals surface area contributed by atoms with Gasteiger partial charge in [0.25, 0.3) is 0 Å². The second-order valence-electron chi connectivity index (χ2n) is 8.09. The van der Waals surface area contributed by atoms with E-state index in [9.17, 15) is 5.26 Å². The van der Waals surface area contributed by atoms with E-state index in [2.05, 4.69) is 41.4 Å². The van der Waals surface area contributed by atoms with Crippen molar-refractivity contribution >= 4 is 64.8 Å². The number of halogens is 3. The Hall–Kier alpha value is -3.58. The highest BCUT2D eigenvalue weighted by atomic mass is 35.5. The zero-order valence-electron chi connectivity index (χ0n) is 20.0. The average molecular weight is 560 g/mol. The maximum atomic E-state index is 9.47. The van der Waals surface area contributed by atoms with Crippen LogP contribution < -0.4 is 19.9 Å². The molecule has 0 radical (unpaired) electrons. The molecule has 12 heteroatoms. The number of nitrogens with one attached hydrogen (secondary N) is 1. The highest BCUT2D eigenvalue weighted by molar-refractivity contribution is 6.32. The van der Waals surface area contributed by atoms with Gasteiger partial charge in [-0.15, -0.1) is 35.0 Å². The van der Waals surface area contributed by atoms with Crippen LogP contribution in [0.1, 0.15) is 11.1 Å². The second kappa shape index (κ2) is 12.6. The zero-order valence-corrected chi connectivity index (χ0v) is 22.4. The second-order valence-corrected chi connectivity index (χ2v) is 8.50. The van der Waals surface area contributed by atoms with E-state index in [1.165, 1.54) is 0 Å². The molecule has 1 fully saturated rings. The van der Waals surface area contributed by atoms with Gasteiger partial charge in [0, 0.05) is 55.9 Å². The van der Waals surface area contributed by atoms with E-state index in [4.69, 9.17) is 16.3 Å². The first-order valence-electron chi connectivity index (χ1n) is 11.2. The van der Waals surface area contributed by atoms with Crippen LogP contribution in [-0.4, -0.2) is 53.5 Å². The summed E-state index contributed by atoms with van der Waals surface area (Å²) in [5.74, 6) is 2.78. The molecule has 0 amide bonds. The monoisotopic (exact) mass is 558 g/mol.